The Labute approximate surface area is 142 Å². The maximum atomic E-state index is 12.2. The third-order valence-electron chi connectivity index (χ3n) is 3.59. The molecule has 1 aromatic rings. The Morgan fingerprint density at radius 3 is 2.88 bits per heavy atom. The highest BCUT2D eigenvalue weighted by molar-refractivity contribution is 8.18. The van der Waals surface area contributed by atoms with Gasteiger partial charge in [-0.2, -0.15) is 0 Å². The molecule has 0 saturated carbocycles. The van der Waals surface area contributed by atoms with E-state index in [4.69, 9.17) is 4.42 Å². The molecule has 1 aromatic heterocycles. The van der Waals surface area contributed by atoms with E-state index in [2.05, 4.69) is 5.32 Å². The number of furan rings is 1. The molecule has 2 aliphatic heterocycles. The van der Waals surface area contributed by atoms with Crippen molar-refractivity contribution in [2.75, 3.05) is 18.1 Å². The lowest BCUT2D eigenvalue weighted by Crippen LogP contribution is -2.43. The maximum Gasteiger partial charge on any atom is 0.294 e. The minimum absolute atomic E-state index is 0.0331. The summed E-state index contributed by atoms with van der Waals surface area (Å²) in [5.74, 6) is -0.778. The predicted octanol–water partition coefficient (Wildman–Crippen LogP) is 0.619. The smallest absolute Gasteiger partial charge is 0.294 e. The lowest BCUT2D eigenvalue weighted by atomic mass is 10.2. The number of amides is 3. The number of hydrogen-bond donors (Lipinski definition) is 1. The van der Waals surface area contributed by atoms with E-state index in [1.54, 1.807) is 12.1 Å². The fourth-order valence-corrected chi connectivity index (χ4v) is 4.96. The number of imide groups is 1. The Hall–Kier alpha value is -2.07. The summed E-state index contributed by atoms with van der Waals surface area (Å²) in [7, 11) is -3.11. The molecule has 0 aliphatic carbocycles. The molecule has 0 aromatic carbocycles. The highest BCUT2D eigenvalue weighted by Gasteiger charge is 2.37. The molecule has 10 heteroatoms. The van der Waals surface area contributed by atoms with Gasteiger partial charge in [0.25, 0.3) is 11.1 Å². The molecule has 2 saturated heterocycles. The first-order valence-electron chi connectivity index (χ1n) is 7.13. The first-order chi connectivity index (χ1) is 11.3. The van der Waals surface area contributed by atoms with Crippen molar-refractivity contribution in [2.24, 2.45) is 0 Å². The van der Waals surface area contributed by atoms with Crippen LogP contribution in [-0.4, -0.2) is 54.5 Å². The van der Waals surface area contributed by atoms with E-state index < -0.39 is 39.5 Å². The molecule has 0 radical (unpaired) electrons. The molecular weight excluding hydrogens is 356 g/mol. The zero-order valence-electron chi connectivity index (χ0n) is 12.4. The van der Waals surface area contributed by atoms with Crippen molar-refractivity contribution in [3.8, 4) is 0 Å². The van der Waals surface area contributed by atoms with Crippen LogP contribution in [0.1, 0.15) is 12.2 Å². The van der Waals surface area contributed by atoms with Crippen molar-refractivity contribution in [2.45, 2.75) is 12.5 Å². The summed E-state index contributed by atoms with van der Waals surface area (Å²) in [5, 5.41) is 2.00. The minimum Gasteiger partial charge on any atom is -0.465 e. The van der Waals surface area contributed by atoms with E-state index in [0.717, 1.165) is 16.7 Å². The van der Waals surface area contributed by atoms with E-state index in [9.17, 15) is 22.8 Å². The van der Waals surface area contributed by atoms with E-state index in [1.165, 1.54) is 12.3 Å². The number of sulfone groups is 1. The van der Waals surface area contributed by atoms with E-state index >= 15 is 0 Å². The largest absolute Gasteiger partial charge is 0.465 e. The van der Waals surface area contributed by atoms with Crippen LogP contribution in [0.5, 0.6) is 0 Å². The molecule has 2 aliphatic rings. The van der Waals surface area contributed by atoms with Gasteiger partial charge in [-0.15, -0.1) is 0 Å². The first kappa shape index (κ1) is 16.8. The van der Waals surface area contributed by atoms with Crippen LogP contribution in [-0.2, 0) is 19.4 Å². The van der Waals surface area contributed by atoms with Gasteiger partial charge in [0, 0.05) is 12.1 Å². The lowest BCUT2D eigenvalue weighted by molar-refractivity contribution is -0.129. The number of carbonyl (C=O) groups excluding carboxylic acids is 3. The fourth-order valence-electron chi connectivity index (χ4n) is 2.46. The van der Waals surface area contributed by atoms with Crippen molar-refractivity contribution in [3.05, 3.63) is 29.1 Å². The van der Waals surface area contributed by atoms with Crippen LogP contribution in [0.25, 0.3) is 6.08 Å². The summed E-state index contributed by atoms with van der Waals surface area (Å²) in [5.41, 5.74) is 0. The van der Waals surface area contributed by atoms with Crippen molar-refractivity contribution in [1.29, 1.82) is 0 Å². The molecule has 2 fully saturated rings. The molecule has 3 rings (SSSR count). The zero-order chi connectivity index (χ0) is 17.3. The van der Waals surface area contributed by atoms with Gasteiger partial charge in [-0.05, 0) is 30.3 Å². The Kier molecular flexibility index (Phi) is 4.50. The highest BCUT2D eigenvalue weighted by Crippen LogP contribution is 2.32. The van der Waals surface area contributed by atoms with E-state index in [-0.39, 0.29) is 16.4 Å². The molecule has 128 valence electrons. The quantitative estimate of drug-likeness (QED) is 0.773. The lowest BCUT2D eigenvalue weighted by Gasteiger charge is -2.15. The van der Waals surface area contributed by atoms with Gasteiger partial charge in [0.2, 0.25) is 5.91 Å². The fraction of sp³-hybridized carbons (Fsp3) is 0.357. The van der Waals surface area contributed by atoms with Gasteiger partial charge in [0.15, 0.2) is 9.84 Å². The second-order valence-electron chi connectivity index (χ2n) is 5.45. The Morgan fingerprint density at radius 1 is 1.46 bits per heavy atom. The average molecular weight is 370 g/mol. The SMILES string of the molecule is O=C(CN1C(=O)S/C(=C\c2ccco2)C1=O)NC1CCS(=O)(=O)C1. The third kappa shape index (κ3) is 3.70. The average Bonchev–Trinajstić information content (AvgIpc) is 3.17. The molecule has 8 nitrogen and oxygen atoms in total. The zero-order valence-corrected chi connectivity index (χ0v) is 14.1. The van der Waals surface area contributed by atoms with Gasteiger partial charge in [-0.25, -0.2) is 8.42 Å². The Balaban J connectivity index is 1.62. The summed E-state index contributed by atoms with van der Waals surface area (Å²) in [4.78, 5) is 37.1. The van der Waals surface area contributed by atoms with Crippen molar-refractivity contribution in [1.82, 2.24) is 10.2 Å². The number of thioether (sulfide) groups is 1. The van der Waals surface area contributed by atoms with Crippen LogP contribution in [0.15, 0.2) is 27.7 Å². The number of rotatable bonds is 4. The summed E-state index contributed by atoms with van der Waals surface area (Å²) in [6, 6.07) is 2.82. The molecule has 3 amide bonds. The predicted molar refractivity (Wildman–Crippen MR) is 86.6 cm³/mol. The van der Waals surface area contributed by atoms with E-state index in [1.807, 2.05) is 0 Å². The highest BCUT2D eigenvalue weighted by atomic mass is 32.2. The summed E-state index contributed by atoms with van der Waals surface area (Å²) in [6.07, 6.45) is 3.22. The molecular formula is C14H14N2O6S2. The van der Waals surface area contributed by atoms with Crippen LogP contribution < -0.4 is 5.32 Å². The molecule has 0 spiro atoms. The van der Waals surface area contributed by atoms with Gasteiger partial charge < -0.3 is 9.73 Å². The molecule has 1 unspecified atom stereocenters. The van der Waals surface area contributed by atoms with Crippen molar-refractivity contribution < 1.29 is 27.2 Å². The minimum atomic E-state index is -3.11. The second-order valence-corrected chi connectivity index (χ2v) is 8.67. The molecule has 1 atom stereocenters. The standard InChI is InChI=1S/C14H14N2O6S2/c17-12(15-9-3-5-24(20,21)8-9)7-16-13(18)11(23-14(16)19)6-10-2-1-4-22-10/h1-2,4,6,9H,3,5,7-8H2,(H,15,17)/b11-6-. The van der Waals surface area contributed by atoms with Gasteiger partial charge in [0.05, 0.1) is 22.7 Å². The van der Waals surface area contributed by atoms with Crippen LogP contribution >= 0.6 is 11.8 Å². The van der Waals surface area contributed by atoms with Gasteiger partial charge >= 0.3 is 0 Å². The van der Waals surface area contributed by atoms with Crippen LogP contribution in [0.2, 0.25) is 0 Å². The third-order valence-corrected chi connectivity index (χ3v) is 6.26. The molecule has 1 N–H and O–H groups in total. The molecule has 24 heavy (non-hydrogen) atoms. The van der Waals surface area contributed by atoms with Gasteiger partial charge in [-0.1, -0.05) is 0 Å². The number of nitrogens with one attached hydrogen (secondary N) is 1. The van der Waals surface area contributed by atoms with E-state index in [0.29, 0.717) is 12.2 Å². The molecule has 3 heterocycles. The first-order valence-corrected chi connectivity index (χ1v) is 9.76. The van der Waals surface area contributed by atoms with Crippen LogP contribution in [0.4, 0.5) is 4.79 Å². The Morgan fingerprint density at radius 2 is 2.25 bits per heavy atom. The van der Waals surface area contributed by atoms with Crippen LogP contribution in [0, 0.1) is 0 Å². The molecule has 0 bridgehead atoms. The second kappa shape index (κ2) is 6.44. The summed E-state index contributed by atoms with van der Waals surface area (Å²) >= 11 is 0.727. The number of carbonyl (C=O) groups is 3. The topological polar surface area (TPSA) is 114 Å². The van der Waals surface area contributed by atoms with Crippen molar-refractivity contribution >= 4 is 44.7 Å². The monoisotopic (exact) mass is 370 g/mol. The summed E-state index contributed by atoms with van der Waals surface area (Å²) in [6.45, 7) is -0.434. The Bertz CT molecular complexity index is 812. The van der Waals surface area contributed by atoms with Gasteiger partial charge in [0.1, 0.15) is 12.3 Å². The van der Waals surface area contributed by atoms with Crippen molar-refractivity contribution in [3.63, 3.8) is 0 Å². The summed E-state index contributed by atoms with van der Waals surface area (Å²) < 4.78 is 27.8. The maximum absolute atomic E-state index is 12.2. The number of nitrogens with zero attached hydrogens (tertiary/aromatic N) is 1. The number of hydrogen-bond acceptors (Lipinski definition) is 7. The normalized spacial score (nSPS) is 24.8. The van der Waals surface area contributed by atoms with Crippen LogP contribution in [0.3, 0.4) is 0 Å². The van der Waals surface area contributed by atoms with Gasteiger partial charge in [-0.3, -0.25) is 19.3 Å².